The largest absolute Gasteiger partial charge is 0.368 e. The normalized spacial score (nSPS) is 19.1. The number of amides is 1. The first-order valence-corrected chi connectivity index (χ1v) is 7.35. The van der Waals surface area contributed by atoms with Crippen LogP contribution in [0, 0.1) is 6.92 Å². The number of thiazole rings is 1. The van der Waals surface area contributed by atoms with Crippen LogP contribution >= 0.6 is 11.3 Å². The molecule has 3 heterocycles. The third kappa shape index (κ3) is 2.57. The van der Waals surface area contributed by atoms with E-state index in [-0.39, 0.29) is 12.0 Å². The molecule has 1 unspecified atom stereocenters. The molecule has 1 atom stereocenters. The first-order valence-electron chi connectivity index (χ1n) is 6.47. The quantitative estimate of drug-likeness (QED) is 0.849. The van der Waals surface area contributed by atoms with Crippen LogP contribution in [0.4, 0.5) is 0 Å². The molecule has 0 bridgehead atoms. The van der Waals surface area contributed by atoms with Crippen molar-refractivity contribution in [3.63, 3.8) is 0 Å². The summed E-state index contributed by atoms with van der Waals surface area (Å²) in [5.41, 5.74) is 3.37. The molecule has 1 aliphatic rings. The number of aryl methyl sites for hydroxylation is 1. The summed E-state index contributed by atoms with van der Waals surface area (Å²) < 4.78 is 5.72. The van der Waals surface area contributed by atoms with Crippen LogP contribution in [0.15, 0.2) is 29.9 Å². The van der Waals surface area contributed by atoms with Gasteiger partial charge >= 0.3 is 0 Å². The molecule has 20 heavy (non-hydrogen) atoms. The van der Waals surface area contributed by atoms with E-state index in [1.54, 1.807) is 11.7 Å². The third-order valence-corrected chi connectivity index (χ3v) is 4.23. The Hall–Kier alpha value is -1.79. The second-order valence-corrected chi connectivity index (χ2v) is 5.49. The number of rotatable bonds is 2. The smallest absolute Gasteiger partial charge is 0.266 e. The standard InChI is InChI=1S/C14H15N3O2S/c1-10-13(20-9-16-10)14(18)17-6-7-19-12(8-17)11-4-2-3-5-15-11/h2-5,9,12H,6-8H2,1H3. The third-order valence-electron chi connectivity index (χ3n) is 3.31. The Bertz CT molecular complexity index is 599. The van der Waals surface area contributed by atoms with E-state index in [0.717, 1.165) is 11.4 Å². The summed E-state index contributed by atoms with van der Waals surface area (Å²) in [6.45, 7) is 3.54. The van der Waals surface area contributed by atoms with Gasteiger partial charge in [0.2, 0.25) is 0 Å². The van der Waals surface area contributed by atoms with Crippen LogP contribution in [-0.4, -0.2) is 40.5 Å². The van der Waals surface area contributed by atoms with Gasteiger partial charge in [0.1, 0.15) is 11.0 Å². The minimum absolute atomic E-state index is 0.0363. The van der Waals surface area contributed by atoms with Crippen LogP contribution < -0.4 is 0 Å². The molecular formula is C14H15N3O2S. The van der Waals surface area contributed by atoms with Crippen LogP contribution in [0.2, 0.25) is 0 Å². The summed E-state index contributed by atoms with van der Waals surface area (Å²) in [5, 5.41) is 0. The molecule has 1 fully saturated rings. The van der Waals surface area contributed by atoms with Gasteiger partial charge in [0, 0.05) is 12.7 Å². The molecule has 0 saturated carbocycles. The highest BCUT2D eigenvalue weighted by Gasteiger charge is 2.28. The highest BCUT2D eigenvalue weighted by molar-refractivity contribution is 7.11. The van der Waals surface area contributed by atoms with Gasteiger partial charge in [0.15, 0.2) is 0 Å². The fourth-order valence-electron chi connectivity index (χ4n) is 2.23. The molecule has 1 aliphatic heterocycles. The molecule has 0 N–H and O–H groups in total. The van der Waals surface area contributed by atoms with Gasteiger partial charge in [-0.25, -0.2) is 4.98 Å². The van der Waals surface area contributed by atoms with E-state index >= 15 is 0 Å². The van der Waals surface area contributed by atoms with Crippen LogP contribution in [0.25, 0.3) is 0 Å². The fourth-order valence-corrected chi connectivity index (χ4v) is 3.00. The van der Waals surface area contributed by atoms with Crippen molar-refractivity contribution < 1.29 is 9.53 Å². The lowest BCUT2D eigenvalue weighted by Crippen LogP contribution is -2.42. The molecule has 2 aromatic heterocycles. The number of carbonyl (C=O) groups is 1. The van der Waals surface area contributed by atoms with E-state index in [0.29, 0.717) is 24.6 Å². The van der Waals surface area contributed by atoms with E-state index in [1.807, 2.05) is 30.0 Å². The van der Waals surface area contributed by atoms with Crippen molar-refractivity contribution in [1.82, 2.24) is 14.9 Å². The Morgan fingerprint density at radius 2 is 2.35 bits per heavy atom. The number of hydrogen-bond donors (Lipinski definition) is 0. The average molecular weight is 289 g/mol. The Kier molecular flexibility index (Phi) is 3.75. The second kappa shape index (κ2) is 5.68. The van der Waals surface area contributed by atoms with Gasteiger partial charge in [-0.2, -0.15) is 0 Å². The summed E-state index contributed by atoms with van der Waals surface area (Å²) in [4.78, 5) is 23.5. The maximum absolute atomic E-state index is 12.5. The maximum Gasteiger partial charge on any atom is 0.266 e. The van der Waals surface area contributed by atoms with Gasteiger partial charge in [-0.05, 0) is 19.1 Å². The van der Waals surface area contributed by atoms with Crippen molar-refractivity contribution in [2.45, 2.75) is 13.0 Å². The zero-order valence-electron chi connectivity index (χ0n) is 11.2. The van der Waals surface area contributed by atoms with Gasteiger partial charge in [-0.1, -0.05) is 6.07 Å². The Labute approximate surface area is 121 Å². The van der Waals surface area contributed by atoms with Crippen LogP contribution in [0.3, 0.4) is 0 Å². The van der Waals surface area contributed by atoms with Gasteiger partial charge in [-0.3, -0.25) is 9.78 Å². The van der Waals surface area contributed by atoms with Crippen molar-refractivity contribution in [3.8, 4) is 0 Å². The monoisotopic (exact) mass is 289 g/mol. The highest BCUT2D eigenvalue weighted by atomic mass is 32.1. The first kappa shape index (κ1) is 13.2. The van der Waals surface area contributed by atoms with Crippen molar-refractivity contribution >= 4 is 17.2 Å². The number of hydrogen-bond acceptors (Lipinski definition) is 5. The molecule has 104 valence electrons. The number of pyridine rings is 1. The zero-order chi connectivity index (χ0) is 13.9. The summed E-state index contributed by atoms with van der Waals surface area (Å²) in [5.74, 6) is 0.0363. The molecule has 5 nitrogen and oxygen atoms in total. The first-order chi connectivity index (χ1) is 9.75. The van der Waals surface area contributed by atoms with E-state index in [4.69, 9.17) is 4.74 Å². The SMILES string of the molecule is Cc1ncsc1C(=O)N1CCOC(c2ccccn2)C1. The van der Waals surface area contributed by atoms with Crippen molar-refractivity contribution in [2.24, 2.45) is 0 Å². The summed E-state index contributed by atoms with van der Waals surface area (Å²) in [7, 11) is 0. The summed E-state index contributed by atoms with van der Waals surface area (Å²) >= 11 is 1.39. The van der Waals surface area contributed by atoms with Crippen LogP contribution in [-0.2, 0) is 4.74 Å². The number of aromatic nitrogens is 2. The predicted octanol–water partition coefficient (Wildman–Crippen LogP) is 2.06. The summed E-state index contributed by atoms with van der Waals surface area (Å²) in [6, 6.07) is 5.73. The minimum atomic E-state index is -0.151. The lowest BCUT2D eigenvalue weighted by atomic mass is 10.2. The molecule has 0 aliphatic carbocycles. The highest BCUT2D eigenvalue weighted by Crippen LogP contribution is 2.23. The Morgan fingerprint density at radius 3 is 3.05 bits per heavy atom. The molecule has 0 aromatic carbocycles. The van der Waals surface area contributed by atoms with Crippen molar-refractivity contribution in [1.29, 1.82) is 0 Å². The van der Waals surface area contributed by atoms with E-state index in [2.05, 4.69) is 9.97 Å². The molecule has 6 heteroatoms. The van der Waals surface area contributed by atoms with Crippen LogP contribution in [0.1, 0.15) is 27.2 Å². The van der Waals surface area contributed by atoms with Gasteiger partial charge < -0.3 is 9.64 Å². The maximum atomic E-state index is 12.5. The van der Waals surface area contributed by atoms with Crippen molar-refractivity contribution in [2.75, 3.05) is 19.7 Å². The summed E-state index contributed by atoms with van der Waals surface area (Å²) in [6.07, 6.45) is 1.59. The number of morpholine rings is 1. The second-order valence-electron chi connectivity index (χ2n) is 4.63. The van der Waals surface area contributed by atoms with Gasteiger partial charge in [-0.15, -0.1) is 11.3 Å². The minimum Gasteiger partial charge on any atom is -0.368 e. The Balaban J connectivity index is 1.76. The van der Waals surface area contributed by atoms with E-state index < -0.39 is 0 Å². The predicted molar refractivity (Wildman–Crippen MR) is 75.7 cm³/mol. The van der Waals surface area contributed by atoms with Gasteiger partial charge in [0.25, 0.3) is 5.91 Å². The molecule has 3 rings (SSSR count). The molecule has 1 saturated heterocycles. The molecule has 1 amide bonds. The molecule has 0 spiro atoms. The lowest BCUT2D eigenvalue weighted by Gasteiger charge is -2.32. The zero-order valence-corrected chi connectivity index (χ0v) is 12.0. The van der Waals surface area contributed by atoms with Gasteiger partial charge in [0.05, 0.1) is 30.1 Å². The number of nitrogens with zero attached hydrogens (tertiary/aromatic N) is 3. The molecular weight excluding hydrogens is 274 g/mol. The average Bonchev–Trinajstić information content (AvgIpc) is 2.94. The van der Waals surface area contributed by atoms with Crippen molar-refractivity contribution in [3.05, 3.63) is 46.2 Å². The fraction of sp³-hybridized carbons (Fsp3) is 0.357. The van der Waals surface area contributed by atoms with E-state index in [1.165, 1.54) is 11.3 Å². The number of carbonyl (C=O) groups excluding carboxylic acids is 1. The molecule has 2 aromatic rings. The lowest BCUT2D eigenvalue weighted by molar-refractivity contribution is -0.0246. The Morgan fingerprint density at radius 1 is 1.45 bits per heavy atom. The van der Waals surface area contributed by atoms with Crippen LogP contribution in [0.5, 0.6) is 0 Å². The number of ether oxygens (including phenoxy) is 1. The topological polar surface area (TPSA) is 55.3 Å². The molecule has 0 radical (unpaired) electrons. The van der Waals surface area contributed by atoms with E-state index in [9.17, 15) is 4.79 Å².